The van der Waals surface area contributed by atoms with Crippen molar-refractivity contribution in [2.75, 3.05) is 5.75 Å². The lowest BCUT2D eigenvalue weighted by atomic mass is 10.0. The van der Waals surface area contributed by atoms with Crippen molar-refractivity contribution < 1.29 is 14.0 Å². The molecule has 0 amide bonds. The smallest absolute Gasteiger partial charge is 0.202 e. The van der Waals surface area contributed by atoms with Gasteiger partial charge in [0, 0.05) is 18.6 Å². The van der Waals surface area contributed by atoms with Gasteiger partial charge in [0.15, 0.2) is 5.12 Å². The van der Waals surface area contributed by atoms with E-state index < -0.39 is 0 Å². The van der Waals surface area contributed by atoms with E-state index in [1.807, 2.05) is 6.29 Å². The average Bonchev–Trinajstić information content (AvgIpc) is 2.24. The molecule has 0 aromatic heterocycles. The zero-order chi connectivity index (χ0) is 12.0. The van der Waals surface area contributed by atoms with Gasteiger partial charge in [0.1, 0.15) is 5.82 Å². The molecule has 0 bridgehead atoms. The molecule has 0 aliphatic carbocycles. The maximum Gasteiger partial charge on any atom is 0.202 e. The van der Waals surface area contributed by atoms with Crippen LogP contribution in [0.2, 0.25) is 0 Å². The topological polar surface area (TPSA) is 34.1 Å². The Balaban J connectivity index is 2.56. The normalized spacial score (nSPS) is 12.1. The molecule has 0 spiro atoms. The van der Waals surface area contributed by atoms with Crippen molar-refractivity contribution in [1.29, 1.82) is 0 Å². The molecule has 0 fully saturated rings. The molecule has 0 saturated carbocycles. The molecule has 2 nitrogen and oxygen atoms in total. The summed E-state index contributed by atoms with van der Waals surface area (Å²) in [6.07, 6.45) is 2.30. The Hall–Kier alpha value is -1.16. The summed E-state index contributed by atoms with van der Waals surface area (Å²) in [6, 6.07) is 6.10. The van der Waals surface area contributed by atoms with Gasteiger partial charge in [-0.1, -0.05) is 23.9 Å². The van der Waals surface area contributed by atoms with Crippen LogP contribution in [-0.4, -0.2) is 17.2 Å². The first-order valence-electron chi connectivity index (χ1n) is 4.87. The second-order valence-corrected chi connectivity index (χ2v) is 4.65. The highest BCUT2D eigenvalue weighted by Gasteiger charge is 2.11. The number of carbonyl (C=O) groups is 1. The van der Waals surface area contributed by atoms with Gasteiger partial charge in [-0.3, -0.25) is 9.59 Å². The molecule has 1 aromatic carbocycles. The summed E-state index contributed by atoms with van der Waals surface area (Å²) < 4.78 is 12.9. The van der Waals surface area contributed by atoms with Crippen molar-refractivity contribution in [2.24, 2.45) is 5.92 Å². The number of hydrogen-bond acceptors (Lipinski definition) is 3. The summed E-state index contributed by atoms with van der Waals surface area (Å²) in [5.74, 6) is -0.285. The van der Waals surface area contributed by atoms with Gasteiger partial charge in [0.25, 0.3) is 0 Å². The van der Waals surface area contributed by atoms with Gasteiger partial charge < -0.3 is 0 Å². The summed E-state index contributed by atoms with van der Waals surface area (Å²) in [5.41, 5.74) is 0.748. The van der Waals surface area contributed by atoms with Crippen molar-refractivity contribution in [3.8, 4) is 0 Å². The molecule has 0 aliphatic rings. The Morgan fingerprint density at radius 2 is 2.31 bits per heavy atom. The third kappa shape index (κ3) is 4.57. The molecule has 4 heteroatoms. The Bertz CT molecular complexity index is 379. The number of carbonyl (C=O) groups excluding carboxylic acids is 2. The molecule has 1 atom stereocenters. The Labute approximate surface area is 98.2 Å². The van der Waals surface area contributed by atoms with Crippen LogP contribution < -0.4 is 0 Å². The van der Waals surface area contributed by atoms with Gasteiger partial charge in [-0.25, -0.2) is 4.39 Å². The van der Waals surface area contributed by atoms with Gasteiger partial charge in [0.2, 0.25) is 6.29 Å². The van der Waals surface area contributed by atoms with Crippen LogP contribution in [0.5, 0.6) is 0 Å². The molecule has 1 radical (unpaired) electrons. The lowest BCUT2D eigenvalue weighted by Crippen LogP contribution is -2.10. The first-order chi connectivity index (χ1) is 7.61. The highest BCUT2D eigenvalue weighted by molar-refractivity contribution is 8.13. The molecule has 1 unspecified atom stereocenters. The lowest BCUT2D eigenvalue weighted by Gasteiger charge is -2.07. The van der Waals surface area contributed by atoms with Gasteiger partial charge >= 0.3 is 0 Å². The zero-order valence-corrected chi connectivity index (χ0v) is 9.72. The standard InChI is InChI=1S/C12H12FO2S/c1-9(15)16-8-11(7-14)5-10-3-2-4-12(13)6-10/h2-4,6,11H,5,8H2,1H3. The van der Waals surface area contributed by atoms with E-state index in [1.54, 1.807) is 12.1 Å². The average molecular weight is 239 g/mol. The SMILES string of the molecule is CC(=O)SCC([C]=O)Cc1cccc(F)c1. The quantitative estimate of drug-likeness (QED) is 0.791. The van der Waals surface area contributed by atoms with Crippen LogP contribution in [0.4, 0.5) is 4.39 Å². The molecular weight excluding hydrogens is 227 g/mol. The molecule has 1 aromatic rings. The minimum absolute atomic E-state index is 0.0282. The highest BCUT2D eigenvalue weighted by atomic mass is 32.2. The van der Waals surface area contributed by atoms with Gasteiger partial charge in [-0.2, -0.15) is 0 Å². The molecule has 85 valence electrons. The molecule has 0 aliphatic heterocycles. The van der Waals surface area contributed by atoms with Gasteiger partial charge in [0.05, 0.1) is 0 Å². The minimum Gasteiger partial charge on any atom is -0.291 e. The first-order valence-corrected chi connectivity index (χ1v) is 5.86. The third-order valence-corrected chi connectivity index (χ3v) is 3.00. The van der Waals surface area contributed by atoms with E-state index in [2.05, 4.69) is 0 Å². The summed E-state index contributed by atoms with van der Waals surface area (Å²) in [4.78, 5) is 21.4. The molecule has 0 saturated heterocycles. The van der Waals surface area contributed by atoms with Crippen LogP contribution in [0.3, 0.4) is 0 Å². The molecular formula is C12H12FO2S. The second-order valence-electron chi connectivity index (χ2n) is 3.45. The van der Waals surface area contributed by atoms with Crippen molar-refractivity contribution >= 4 is 23.2 Å². The van der Waals surface area contributed by atoms with Crippen LogP contribution in [0.1, 0.15) is 12.5 Å². The van der Waals surface area contributed by atoms with Crippen molar-refractivity contribution in [3.63, 3.8) is 0 Å². The van der Waals surface area contributed by atoms with Crippen molar-refractivity contribution in [3.05, 3.63) is 35.6 Å². The first kappa shape index (κ1) is 12.9. The zero-order valence-electron chi connectivity index (χ0n) is 8.90. The summed E-state index contributed by atoms with van der Waals surface area (Å²) >= 11 is 1.09. The number of benzene rings is 1. The Morgan fingerprint density at radius 3 is 2.88 bits per heavy atom. The van der Waals surface area contributed by atoms with E-state index in [0.29, 0.717) is 12.2 Å². The van der Waals surface area contributed by atoms with E-state index in [0.717, 1.165) is 17.3 Å². The summed E-state index contributed by atoms with van der Waals surface area (Å²) in [5, 5.41) is -0.0282. The fourth-order valence-electron chi connectivity index (χ4n) is 1.30. The fourth-order valence-corrected chi connectivity index (χ4v) is 1.92. The molecule has 0 N–H and O–H groups in total. The maximum absolute atomic E-state index is 12.9. The second kappa shape index (κ2) is 6.43. The van der Waals surface area contributed by atoms with Crippen LogP contribution >= 0.6 is 11.8 Å². The molecule has 16 heavy (non-hydrogen) atoms. The van der Waals surface area contributed by atoms with Crippen LogP contribution in [-0.2, 0) is 16.0 Å². The van der Waals surface area contributed by atoms with Crippen LogP contribution in [0.25, 0.3) is 0 Å². The highest BCUT2D eigenvalue weighted by Crippen LogP contribution is 2.14. The van der Waals surface area contributed by atoms with E-state index in [1.165, 1.54) is 19.1 Å². The number of rotatable bonds is 5. The monoisotopic (exact) mass is 239 g/mol. The Morgan fingerprint density at radius 1 is 1.56 bits per heavy atom. The van der Waals surface area contributed by atoms with Crippen LogP contribution in [0.15, 0.2) is 24.3 Å². The largest absolute Gasteiger partial charge is 0.291 e. The maximum atomic E-state index is 12.9. The number of hydrogen-bond donors (Lipinski definition) is 0. The van der Waals surface area contributed by atoms with Crippen LogP contribution in [0, 0.1) is 11.7 Å². The molecule has 0 heterocycles. The van der Waals surface area contributed by atoms with Gasteiger partial charge in [-0.15, -0.1) is 0 Å². The van der Waals surface area contributed by atoms with E-state index in [4.69, 9.17) is 0 Å². The van der Waals surface area contributed by atoms with Crippen molar-refractivity contribution in [2.45, 2.75) is 13.3 Å². The van der Waals surface area contributed by atoms with Crippen molar-refractivity contribution in [1.82, 2.24) is 0 Å². The number of thioether (sulfide) groups is 1. The summed E-state index contributed by atoms with van der Waals surface area (Å²) in [6.45, 7) is 1.45. The minimum atomic E-state index is -0.365. The van der Waals surface area contributed by atoms with E-state index in [9.17, 15) is 14.0 Å². The number of halogens is 1. The lowest BCUT2D eigenvalue weighted by molar-refractivity contribution is -0.109. The van der Waals surface area contributed by atoms with Gasteiger partial charge in [-0.05, 0) is 24.1 Å². The summed E-state index contributed by atoms with van der Waals surface area (Å²) in [7, 11) is 0. The van der Waals surface area contributed by atoms with E-state index in [-0.39, 0.29) is 16.9 Å². The third-order valence-electron chi connectivity index (χ3n) is 2.03. The fraction of sp³-hybridized carbons (Fsp3) is 0.333. The van der Waals surface area contributed by atoms with E-state index >= 15 is 0 Å². The predicted molar refractivity (Wildman–Crippen MR) is 62.4 cm³/mol. The Kier molecular flexibility index (Phi) is 5.19. The molecule has 1 rings (SSSR count). The predicted octanol–water partition coefficient (Wildman–Crippen LogP) is 2.37.